The molecule has 0 atom stereocenters. The van der Waals surface area contributed by atoms with Gasteiger partial charge in [-0.1, -0.05) is 6.07 Å². The van der Waals surface area contributed by atoms with Crippen molar-refractivity contribution in [1.82, 2.24) is 0 Å². The summed E-state index contributed by atoms with van der Waals surface area (Å²) in [5, 5.41) is 0. The zero-order valence-electron chi connectivity index (χ0n) is 12.0. The zero-order chi connectivity index (χ0) is 15.4. The Morgan fingerprint density at radius 3 is 2.48 bits per heavy atom. The standard InChI is InChI=1S/C16H17FN2O2/c1-3-19(12-9-7-11(17)8-10-12)16(20)15-13(18)5-4-6-14(15)21-2/h4-10H,3,18H2,1-2H3. The van der Waals surface area contributed by atoms with Crippen molar-refractivity contribution in [3.8, 4) is 5.75 Å². The molecule has 0 saturated carbocycles. The molecular weight excluding hydrogens is 271 g/mol. The quantitative estimate of drug-likeness (QED) is 0.880. The minimum Gasteiger partial charge on any atom is -0.496 e. The predicted molar refractivity (Wildman–Crippen MR) is 81.2 cm³/mol. The Bertz CT molecular complexity index is 641. The highest BCUT2D eigenvalue weighted by Crippen LogP contribution is 2.27. The molecule has 5 heteroatoms. The summed E-state index contributed by atoms with van der Waals surface area (Å²) in [5.41, 5.74) is 7.17. The van der Waals surface area contributed by atoms with Gasteiger partial charge in [0.05, 0.1) is 7.11 Å². The summed E-state index contributed by atoms with van der Waals surface area (Å²) in [4.78, 5) is 14.3. The Morgan fingerprint density at radius 1 is 1.24 bits per heavy atom. The Balaban J connectivity index is 2.44. The first-order valence-corrected chi connectivity index (χ1v) is 6.58. The van der Waals surface area contributed by atoms with E-state index >= 15 is 0 Å². The maximum atomic E-state index is 13.0. The Hall–Kier alpha value is -2.56. The third-order valence-corrected chi connectivity index (χ3v) is 3.19. The number of nitrogens with zero attached hydrogens (tertiary/aromatic N) is 1. The van der Waals surface area contributed by atoms with Gasteiger partial charge in [0.2, 0.25) is 0 Å². The van der Waals surface area contributed by atoms with Crippen LogP contribution in [0.5, 0.6) is 5.75 Å². The highest BCUT2D eigenvalue weighted by molar-refractivity contribution is 6.11. The number of hydrogen-bond acceptors (Lipinski definition) is 3. The van der Waals surface area contributed by atoms with E-state index in [1.54, 1.807) is 30.3 Å². The van der Waals surface area contributed by atoms with Crippen LogP contribution in [0.25, 0.3) is 0 Å². The maximum Gasteiger partial charge on any atom is 0.264 e. The lowest BCUT2D eigenvalue weighted by Gasteiger charge is -2.23. The van der Waals surface area contributed by atoms with Crippen LogP contribution in [-0.4, -0.2) is 19.6 Å². The molecule has 0 saturated heterocycles. The summed E-state index contributed by atoms with van der Waals surface area (Å²) < 4.78 is 18.2. The molecule has 2 N–H and O–H groups in total. The summed E-state index contributed by atoms with van der Waals surface area (Å²) in [6.07, 6.45) is 0. The number of nitrogens with two attached hydrogens (primary N) is 1. The van der Waals surface area contributed by atoms with Gasteiger partial charge in [0.1, 0.15) is 17.1 Å². The van der Waals surface area contributed by atoms with Crippen molar-refractivity contribution in [3.63, 3.8) is 0 Å². The van der Waals surface area contributed by atoms with E-state index in [1.807, 2.05) is 6.92 Å². The molecule has 0 unspecified atom stereocenters. The van der Waals surface area contributed by atoms with E-state index in [-0.39, 0.29) is 11.7 Å². The number of amides is 1. The minimum absolute atomic E-state index is 0.279. The predicted octanol–water partition coefficient (Wildman–Crippen LogP) is 3.08. The number of carbonyl (C=O) groups is 1. The average molecular weight is 288 g/mol. The molecule has 2 aromatic carbocycles. The van der Waals surface area contributed by atoms with Crippen LogP contribution < -0.4 is 15.4 Å². The van der Waals surface area contributed by atoms with Crippen LogP contribution in [0.1, 0.15) is 17.3 Å². The van der Waals surface area contributed by atoms with Gasteiger partial charge in [0.25, 0.3) is 5.91 Å². The van der Waals surface area contributed by atoms with Gasteiger partial charge >= 0.3 is 0 Å². The average Bonchev–Trinajstić information content (AvgIpc) is 2.49. The summed E-state index contributed by atoms with van der Waals surface area (Å²) >= 11 is 0. The van der Waals surface area contributed by atoms with Gasteiger partial charge in [-0.3, -0.25) is 4.79 Å². The molecule has 0 aliphatic heterocycles. The lowest BCUT2D eigenvalue weighted by Crippen LogP contribution is -2.31. The van der Waals surface area contributed by atoms with E-state index in [0.29, 0.717) is 29.2 Å². The second kappa shape index (κ2) is 6.26. The smallest absolute Gasteiger partial charge is 0.264 e. The molecule has 0 fully saturated rings. The fourth-order valence-corrected chi connectivity index (χ4v) is 2.15. The van der Waals surface area contributed by atoms with Crippen LogP contribution in [0.2, 0.25) is 0 Å². The fraction of sp³-hybridized carbons (Fsp3) is 0.188. The summed E-state index contributed by atoms with van der Waals surface area (Å²) in [6, 6.07) is 10.8. The van der Waals surface area contributed by atoms with E-state index in [0.717, 1.165) is 0 Å². The van der Waals surface area contributed by atoms with Crippen LogP contribution in [0.4, 0.5) is 15.8 Å². The SMILES string of the molecule is CCN(C(=O)c1c(N)cccc1OC)c1ccc(F)cc1. The number of benzene rings is 2. The normalized spacial score (nSPS) is 10.2. The number of anilines is 2. The van der Waals surface area contributed by atoms with Gasteiger partial charge in [0.15, 0.2) is 0 Å². The van der Waals surface area contributed by atoms with Crippen molar-refractivity contribution in [2.24, 2.45) is 0 Å². The van der Waals surface area contributed by atoms with E-state index < -0.39 is 0 Å². The second-order valence-electron chi connectivity index (χ2n) is 4.45. The van der Waals surface area contributed by atoms with Crippen molar-refractivity contribution in [3.05, 3.63) is 53.8 Å². The topological polar surface area (TPSA) is 55.6 Å². The van der Waals surface area contributed by atoms with Crippen molar-refractivity contribution < 1.29 is 13.9 Å². The van der Waals surface area contributed by atoms with Crippen molar-refractivity contribution in [2.45, 2.75) is 6.92 Å². The second-order valence-corrected chi connectivity index (χ2v) is 4.45. The molecule has 21 heavy (non-hydrogen) atoms. The van der Waals surface area contributed by atoms with Crippen LogP contribution >= 0.6 is 0 Å². The number of methoxy groups -OCH3 is 1. The summed E-state index contributed by atoms with van der Waals surface area (Å²) in [6.45, 7) is 2.27. The molecule has 0 aliphatic carbocycles. The van der Waals surface area contributed by atoms with Gasteiger partial charge in [-0.05, 0) is 43.3 Å². The largest absolute Gasteiger partial charge is 0.496 e. The highest BCUT2D eigenvalue weighted by Gasteiger charge is 2.22. The Morgan fingerprint density at radius 2 is 1.90 bits per heavy atom. The molecule has 0 spiro atoms. The lowest BCUT2D eigenvalue weighted by molar-refractivity contribution is 0.0986. The first-order chi connectivity index (χ1) is 10.1. The van der Waals surface area contributed by atoms with Crippen molar-refractivity contribution >= 4 is 17.3 Å². The van der Waals surface area contributed by atoms with E-state index in [1.165, 1.54) is 24.1 Å². The van der Waals surface area contributed by atoms with Gasteiger partial charge in [-0.2, -0.15) is 0 Å². The monoisotopic (exact) mass is 288 g/mol. The van der Waals surface area contributed by atoms with Gasteiger partial charge in [-0.15, -0.1) is 0 Å². The molecule has 1 amide bonds. The molecule has 0 aromatic heterocycles. The fourth-order valence-electron chi connectivity index (χ4n) is 2.15. The molecule has 4 nitrogen and oxygen atoms in total. The van der Waals surface area contributed by atoms with E-state index in [9.17, 15) is 9.18 Å². The van der Waals surface area contributed by atoms with Gasteiger partial charge in [-0.25, -0.2) is 4.39 Å². The van der Waals surface area contributed by atoms with Crippen LogP contribution in [0, 0.1) is 5.82 Å². The summed E-state index contributed by atoms with van der Waals surface area (Å²) in [7, 11) is 1.49. The van der Waals surface area contributed by atoms with Gasteiger partial charge < -0.3 is 15.4 Å². The molecule has 0 aliphatic rings. The summed E-state index contributed by atoms with van der Waals surface area (Å²) in [5.74, 6) is -0.210. The third kappa shape index (κ3) is 2.97. The maximum absolute atomic E-state index is 13.0. The van der Waals surface area contributed by atoms with Crippen molar-refractivity contribution in [1.29, 1.82) is 0 Å². The number of halogens is 1. The van der Waals surface area contributed by atoms with Crippen LogP contribution in [0.3, 0.4) is 0 Å². The van der Waals surface area contributed by atoms with Crippen LogP contribution in [0.15, 0.2) is 42.5 Å². The molecule has 0 radical (unpaired) electrons. The molecule has 0 bridgehead atoms. The Labute approximate surface area is 122 Å². The lowest BCUT2D eigenvalue weighted by atomic mass is 10.1. The van der Waals surface area contributed by atoms with Gasteiger partial charge in [0, 0.05) is 17.9 Å². The molecule has 2 rings (SSSR count). The molecule has 110 valence electrons. The highest BCUT2D eigenvalue weighted by atomic mass is 19.1. The van der Waals surface area contributed by atoms with Crippen molar-refractivity contribution in [2.75, 3.05) is 24.3 Å². The Kier molecular flexibility index (Phi) is 4.42. The first kappa shape index (κ1) is 14.8. The number of rotatable bonds is 4. The van der Waals surface area contributed by atoms with Crippen LogP contribution in [-0.2, 0) is 0 Å². The number of carbonyl (C=O) groups excluding carboxylic acids is 1. The number of ether oxygens (including phenoxy) is 1. The molecule has 0 heterocycles. The molecular formula is C16H17FN2O2. The minimum atomic E-state index is -0.348. The molecule has 2 aromatic rings. The van der Waals surface area contributed by atoms with E-state index in [4.69, 9.17) is 10.5 Å². The zero-order valence-corrected chi connectivity index (χ0v) is 12.0. The number of nitrogen functional groups attached to an aromatic ring is 1. The van der Waals surface area contributed by atoms with E-state index in [2.05, 4.69) is 0 Å². The first-order valence-electron chi connectivity index (χ1n) is 6.58. The number of hydrogen-bond donors (Lipinski definition) is 1. The third-order valence-electron chi connectivity index (χ3n) is 3.19.